The highest BCUT2D eigenvalue weighted by Crippen LogP contribution is 2.18. The zero-order valence-corrected chi connectivity index (χ0v) is 8.37. The molecule has 1 rings (SSSR count). The van der Waals surface area contributed by atoms with Crippen molar-refractivity contribution in [2.45, 2.75) is 25.9 Å². The van der Waals surface area contributed by atoms with E-state index < -0.39 is 0 Å². The van der Waals surface area contributed by atoms with E-state index in [4.69, 9.17) is 10.5 Å². The first-order valence-electron chi connectivity index (χ1n) is 4.85. The molecule has 0 aliphatic heterocycles. The second-order valence-corrected chi connectivity index (χ2v) is 3.29. The Kier molecular flexibility index (Phi) is 4.40. The largest absolute Gasteiger partial charge is 0.488 e. The molecule has 0 radical (unpaired) electrons. The first kappa shape index (κ1) is 11.0. The third-order valence-corrected chi connectivity index (χ3v) is 1.98. The summed E-state index contributed by atoms with van der Waals surface area (Å²) in [4.78, 5) is 0. The van der Waals surface area contributed by atoms with Crippen LogP contribution in [-0.2, 0) is 0 Å². The van der Waals surface area contributed by atoms with Gasteiger partial charge in [-0.1, -0.05) is 12.1 Å². The lowest BCUT2D eigenvalue weighted by atomic mass is 10.2. The second kappa shape index (κ2) is 5.60. The van der Waals surface area contributed by atoms with E-state index in [2.05, 4.69) is 0 Å². The number of hydrogen-bond acceptors (Lipinski definition) is 2. The smallest absolute Gasteiger partial charge is 0.165 e. The normalized spacial score (nSPS) is 12.5. The minimum Gasteiger partial charge on any atom is -0.488 e. The summed E-state index contributed by atoms with van der Waals surface area (Å²) in [6.07, 6.45) is 1.76. The van der Waals surface area contributed by atoms with Gasteiger partial charge in [0.2, 0.25) is 0 Å². The monoisotopic (exact) mass is 197 g/mol. The van der Waals surface area contributed by atoms with Crippen LogP contribution in [0.15, 0.2) is 24.3 Å². The number of ether oxygens (including phenoxy) is 1. The van der Waals surface area contributed by atoms with Crippen LogP contribution in [0.1, 0.15) is 19.8 Å². The zero-order chi connectivity index (χ0) is 10.4. The molecule has 14 heavy (non-hydrogen) atoms. The van der Waals surface area contributed by atoms with Crippen molar-refractivity contribution in [1.29, 1.82) is 0 Å². The van der Waals surface area contributed by atoms with Gasteiger partial charge < -0.3 is 10.5 Å². The van der Waals surface area contributed by atoms with Gasteiger partial charge in [0.15, 0.2) is 11.6 Å². The predicted molar refractivity (Wildman–Crippen MR) is 54.8 cm³/mol. The third kappa shape index (κ3) is 3.34. The van der Waals surface area contributed by atoms with E-state index in [9.17, 15) is 4.39 Å². The molecule has 2 nitrogen and oxygen atoms in total. The van der Waals surface area contributed by atoms with Crippen LogP contribution in [0.4, 0.5) is 4.39 Å². The van der Waals surface area contributed by atoms with Gasteiger partial charge in [-0.05, 0) is 38.4 Å². The van der Waals surface area contributed by atoms with E-state index in [1.165, 1.54) is 6.07 Å². The Morgan fingerprint density at radius 1 is 1.43 bits per heavy atom. The maximum Gasteiger partial charge on any atom is 0.165 e. The van der Waals surface area contributed by atoms with Crippen molar-refractivity contribution in [2.24, 2.45) is 5.73 Å². The van der Waals surface area contributed by atoms with Crippen molar-refractivity contribution >= 4 is 0 Å². The average Bonchev–Trinajstić information content (AvgIpc) is 2.18. The highest BCUT2D eigenvalue weighted by Gasteiger charge is 2.06. The summed E-state index contributed by atoms with van der Waals surface area (Å²) < 4.78 is 18.5. The molecular formula is C11H16FNO. The van der Waals surface area contributed by atoms with Gasteiger partial charge in [0.25, 0.3) is 0 Å². The molecule has 3 heteroatoms. The predicted octanol–water partition coefficient (Wildman–Crippen LogP) is 2.33. The van der Waals surface area contributed by atoms with Crippen LogP contribution < -0.4 is 10.5 Å². The molecule has 0 fully saturated rings. The molecule has 0 aromatic heterocycles. The fourth-order valence-electron chi connectivity index (χ4n) is 1.22. The molecule has 0 aliphatic rings. The van der Waals surface area contributed by atoms with E-state index >= 15 is 0 Å². The quantitative estimate of drug-likeness (QED) is 0.786. The molecule has 0 bridgehead atoms. The molecule has 1 unspecified atom stereocenters. The Balaban J connectivity index is 2.47. The van der Waals surface area contributed by atoms with Crippen molar-refractivity contribution in [3.05, 3.63) is 30.1 Å². The molecule has 78 valence electrons. The molecule has 1 aromatic rings. The number of rotatable bonds is 5. The van der Waals surface area contributed by atoms with Crippen molar-refractivity contribution < 1.29 is 9.13 Å². The van der Waals surface area contributed by atoms with Crippen LogP contribution in [0.3, 0.4) is 0 Å². The Hall–Kier alpha value is -1.09. The summed E-state index contributed by atoms with van der Waals surface area (Å²) in [5.41, 5.74) is 5.37. The highest BCUT2D eigenvalue weighted by atomic mass is 19.1. The Morgan fingerprint density at radius 2 is 2.14 bits per heavy atom. The molecule has 0 saturated carbocycles. The van der Waals surface area contributed by atoms with Crippen molar-refractivity contribution in [3.63, 3.8) is 0 Å². The summed E-state index contributed by atoms with van der Waals surface area (Å²) in [6, 6.07) is 6.43. The van der Waals surface area contributed by atoms with Gasteiger partial charge in [-0.25, -0.2) is 4.39 Å². The summed E-state index contributed by atoms with van der Waals surface area (Å²) in [6.45, 7) is 2.56. The number of hydrogen-bond donors (Lipinski definition) is 1. The molecule has 0 saturated heterocycles. The maximum absolute atomic E-state index is 13.1. The number of benzene rings is 1. The van der Waals surface area contributed by atoms with Crippen LogP contribution >= 0.6 is 0 Å². The second-order valence-electron chi connectivity index (χ2n) is 3.29. The maximum atomic E-state index is 13.1. The van der Waals surface area contributed by atoms with E-state index in [0.29, 0.717) is 12.3 Å². The summed E-state index contributed by atoms with van der Waals surface area (Å²) in [5, 5.41) is 0. The molecule has 1 atom stereocenters. The molecule has 2 N–H and O–H groups in total. The molecule has 0 amide bonds. The first-order valence-corrected chi connectivity index (χ1v) is 4.85. The Bertz CT molecular complexity index is 278. The molecule has 1 aromatic carbocycles. The average molecular weight is 197 g/mol. The van der Waals surface area contributed by atoms with Crippen LogP contribution in [0.25, 0.3) is 0 Å². The summed E-state index contributed by atoms with van der Waals surface area (Å²) in [5.74, 6) is 0.00381. The first-order chi connectivity index (χ1) is 6.74. The minimum atomic E-state index is -0.313. The summed E-state index contributed by atoms with van der Waals surface area (Å²) >= 11 is 0. The third-order valence-electron chi connectivity index (χ3n) is 1.98. The van der Waals surface area contributed by atoms with Crippen LogP contribution in [-0.4, -0.2) is 12.6 Å². The fourth-order valence-corrected chi connectivity index (χ4v) is 1.22. The summed E-state index contributed by atoms with van der Waals surface area (Å²) in [7, 11) is 0. The molecular weight excluding hydrogens is 181 g/mol. The highest BCUT2D eigenvalue weighted by molar-refractivity contribution is 5.23. The van der Waals surface area contributed by atoms with Gasteiger partial charge in [0.1, 0.15) is 0 Å². The SMILES string of the molecule is CC(CCCN)Oc1ccccc1F. The van der Waals surface area contributed by atoms with E-state index in [1.54, 1.807) is 18.2 Å². The molecule has 0 aliphatic carbocycles. The number of para-hydroxylation sites is 1. The lowest BCUT2D eigenvalue weighted by Crippen LogP contribution is -2.14. The van der Waals surface area contributed by atoms with Crippen molar-refractivity contribution in [2.75, 3.05) is 6.54 Å². The van der Waals surface area contributed by atoms with Crippen LogP contribution in [0.5, 0.6) is 5.75 Å². The lowest BCUT2D eigenvalue weighted by molar-refractivity contribution is 0.199. The Morgan fingerprint density at radius 3 is 2.79 bits per heavy atom. The number of halogens is 1. The van der Waals surface area contributed by atoms with E-state index in [0.717, 1.165) is 12.8 Å². The van der Waals surface area contributed by atoms with Gasteiger partial charge in [0.05, 0.1) is 6.10 Å². The molecule has 0 heterocycles. The van der Waals surface area contributed by atoms with Crippen LogP contribution in [0.2, 0.25) is 0 Å². The molecule has 0 spiro atoms. The van der Waals surface area contributed by atoms with Gasteiger partial charge in [-0.15, -0.1) is 0 Å². The zero-order valence-electron chi connectivity index (χ0n) is 8.37. The van der Waals surface area contributed by atoms with Gasteiger partial charge in [-0.3, -0.25) is 0 Å². The lowest BCUT2D eigenvalue weighted by Gasteiger charge is -2.14. The van der Waals surface area contributed by atoms with Gasteiger partial charge in [-0.2, -0.15) is 0 Å². The van der Waals surface area contributed by atoms with E-state index in [1.807, 2.05) is 6.92 Å². The topological polar surface area (TPSA) is 35.2 Å². The van der Waals surface area contributed by atoms with Gasteiger partial charge >= 0.3 is 0 Å². The van der Waals surface area contributed by atoms with Crippen molar-refractivity contribution in [3.8, 4) is 5.75 Å². The minimum absolute atomic E-state index is 0.00968. The van der Waals surface area contributed by atoms with Crippen molar-refractivity contribution in [1.82, 2.24) is 0 Å². The van der Waals surface area contributed by atoms with E-state index in [-0.39, 0.29) is 11.9 Å². The standard InChI is InChI=1S/C11H16FNO/c1-9(5-4-8-13)14-11-7-3-2-6-10(11)12/h2-3,6-7,9H,4-5,8,13H2,1H3. The Labute approximate surface area is 83.9 Å². The number of nitrogens with two attached hydrogens (primary N) is 1. The van der Waals surface area contributed by atoms with Crippen LogP contribution in [0, 0.1) is 5.82 Å². The fraction of sp³-hybridized carbons (Fsp3) is 0.455. The van der Waals surface area contributed by atoms with Gasteiger partial charge in [0, 0.05) is 0 Å².